The maximum atomic E-state index is 12.9. The monoisotopic (exact) mass is 462 g/mol. The predicted octanol–water partition coefficient (Wildman–Crippen LogP) is 3.76. The minimum absolute atomic E-state index is 0.00807. The molecule has 0 saturated carbocycles. The standard InChI is InChI=1S/C21H19FN2O5S2/c22-16-4-8-19(9-5-16)28-13-20-23-17(14-30-20)12-29-21(25)15-2-6-18(7-3-15)24-10-1-11-31(24,26)27/h2-9,14H,1,10-13H2. The van der Waals surface area contributed by atoms with Crippen LogP contribution in [0.4, 0.5) is 10.1 Å². The fraction of sp³-hybridized carbons (Fsp3) is 0.238. The minimum atomic E-state index is -3.26. The highest BCUT2D eigenvalue weighted by Crippen LogP contribution is 2.24. The van der Waals surface area contributed by atoms with Crippen LogP contribution in [0.2, 0.25) is 0 Å². The number of anilines is 1. The largest absolute Gasteiger partial charge is 0.486 e. The summed E-state index contributed by atoms with van der Waals surface area (Å²) in [5.74, 6) is -0.175. The molecule has 1 fully saturated rings. The molecule has 0 bridgehead atoms. The average Bonchev–Trinajstić information content (AvgIpc) is 3.37. The summed E-state index contributed by atoms with van der Waals surface area (Å²) in [6.45, 7) is 0.683. The van der Waals surface area contributed by atoms with Gasteiger partial charge in [-0.2, -0.15) is 0 Å². The third kappa shape index (κ3) is 5.20. The molecule has 0 amide bonds. The number of halogens is 1. The number of esters is 1. The van der Waals surface area contributed by atoms with Gasteiger partial charge in [0.1, 0.15) is 29.8 Å². The van der Waals surface area contributed by atoms with Gasteiger partial charge in [0.25, 0.3) is 0 Å². The average molecular weight is 463 g/mol. The Balaban J connectivity index is 1.29. The van der Waals surface area contributed by atoms with Crippen LogP contribution < -0.4 is 9.04 Å². The second-order valence-corrected chi connectivity index (χ2v) is 9.80. The highest BCUT2D eigenvalue weighted by Gasteiger charge is 2.28. The van der Waals surface area contributed by atoms with Gasteiger partial charge in [0, 0.05) is 11.9 Å². The molecular weight excluding hydrogens is 443 g/mol. The Hall–Kier alpha value is -2.98. The van der Waals surface area contributed by atoms with Crippen LogP contribution in [-0.2, 0) is 28.0 Å². The number of carbonyl (C=O) groups is 1. The van der Waals surface area contributed by atoms with Crippen molar-refractivity contribution in [2.45, 2.75) is 19.6 Å². The van der Waals surface area contributed by atoms with Gasteiger partial charge in [0.15, 0.2) is 0 Å². The maximum absolute atomic E-state index is 12.9. The summed E-state index contributed by atoms with van der Waals surface area (Å²) in [5.41, 5.74) is 1.46. The summed E-state index contributed by atoms with van der Waals surface area (Å²) < 4.78 is 49.1. The first-order valence-corrected chi connectivity index (χ1v) is 12.0. The molecule has 1 saturated heterocycles. The number of thiazole rings is 1. The van der Waals surface area contributed by atoms with Crippen LogP contribution in [0.1, 0.15) is 27.5 Å². The Bertz CT molecular complexity index is 1160. The van der Waals surface area contributed by atoms with Gasteiger partial charge >= 0.3 is 5.97 Å². The summed E-state index contributed by atoms with van der Waals surface area (Å²) in [4.78, 5) is 16.6. The Morgan fingerprint density at radius 1 is 1.10 bits per heavy atom. The fourth-order valence-corrected chi connectivity index (χ4v) is 5.33. The summed E-state index contributed by atoms with van der Waals surface area (Å²) in [5, 5.41) is 2.48. The molecule has 0 aliphatic carbocycles. The molecule has 1 aliphatic heterocycles. The van der Waals surface area contributed by atoms with Crippen molar-refractivity contribution in [3.63, 3.8) is 0 Å². The van der Waals surface area contributed by atoms with Gasteiger partial charge in [-0.05, 0) is 55.0 Å². The molecule has 0 spiro atoms. The van der Waals surface area contributed by atoms with Gasteiger partial charge in [0.2, 0.25) is 10.0 Å². The lowest BCUT2D eigenvalue weighted by Gasteiger charge is -2.16. The molecule has 10 heteroatoms. The molecule has 0 N–H and O–H groups in total. The van der Waals surface area contributed by atoms with Crippen molar-refractivity contribution >= 4 is 33.0 Å². The third-order valence-corrected chi connectivity index (χ3v) is 7.36. The Morgan fingerprint density at radius 3 is 2.52 bits per heavy atom. The van der Waals surface area contributed by atoms with Crippen LogP contribution in [0.25, 0.3) is 0 Å². The van der Waals surface area contributed by atoms with E-state index in [0.29, 0.717) is 40.7 Å². The second kappa shape index (κ2) is 9.03. The first kappa shape index (κ1) is 21.3. The maximum Gasteiger partial charge on any atom is 0.338 e. The predicted molar refractivity (Wildman–Crippen MR) is 114 cm³/mol. The zero-order valence-electron chi connectivity index (χ0n) is 16.4. The van der Waals surface area contributed by atoms with E-state index in [2.05, 4.69) is 4.98 Å². The number of benzene rings is 2. The van der Waals surface area contributed by atoms with E-state index in [1.54, 1.807) is 29.6 Å². The van der Waals surface area contributed by atoms with Gasteiger partial charge in [-0.1, -0.05) is 0 Å². The van der Waals surface area contributed by atoms with E-state index in [1.807, 2.05) is 0 Å². The molecule has 4 rings (SSSR count). The highest BCUT2D eigenvalue weighted by atomic mass is 32.2. The Kier molecular flexibility index (Phi) is 6.19. The summed E-state index contributed by atoms with van der Waals surface area (Å²) in [6.07, 6.45) is 0.594. The van der Waals surface area contributed by atoms with Crippen LogP contribution in [0.3, 0.4) is 0 Å². The highest BCUT2D eigenvalue weighted by molar-refractivity contribution is 7.93. The van der Waals surface area contributed by atoms with Gasteiger partial charge < -0.3 is 9.47 Å². The Morgan fingerprint density at radius 2 is 1.84 bits per heavy atom. The van der Waals surface area contributed by atoms with Crippen molar-refractivity contribution in [3.8, 4) is 5.75 Å². The number of nitrogens with zero attached hydrogens (tertiary/aromatic N) is 2. The molecule has 0 radical (unpaired) electrons. The number of hydrogen-bond acceptors (Lipinski definition) is 7. The molecule has 3 aromatic rings. The summed E-state index contributed by atoms with van der Waals surface area (Å²) in [7, 11) is -3.26. The molecule has 1 aromatic heterocycles. The van der Waals surface area contributed by atoms with Crippen LogP contribution in [0.5, 0.6) is 5.75 Å². The van der Waals surface area contributed by atoms with Crippen molar-refractivity contribution in [2.75, 3.05) is 16.6 Å². The lowest BCUT2D eigenvalue weighted by molar-refractivity contribution is 0.0468. The molecule has 1 aliphatic rings. The van der Waals surface area contributed by atoms with E-state index < -0.39 is 16.0 Å². The van der Waals surface area contributed by atoms with E-state index >= 15 is 0 Å². The molecule has 0 unspecified atom stereocenters. The fourth-order valence-electron chi connectivity index (χ4n) is 3.07. The van der Waals surface area contributed by atoms with Crippen LogP contribution >= 0.6 is 11.3 Å². The van der Waals surface area contributed by atoms with Gasteiger partial charge in [-0.3, -0.25) is 4.31 Å². The summed E-state index contributed by atoms with van der Waals surface area (Å²) in [6, 6.07) is 12.0. The third-order valence-electron chi connectivity index (χ3n) is 4.62. The molecular formula is C21H19FN2O5S2. The van der Waals surface area contributed by atoms with Gasteiger partial charge in [-0.15, -0.1) is 11.3 Å². The lowest BCUT2D eigenvalue weighted by atomic mass is 10.2. The number of aromatic nitrogens is 1. The smallest absolute Gasteiger partial charge is 0.338 e. The number of sulfonamides is 1. The molecule has 7 nitrogen and oxygen atoms in total. The SMILES string of the molecule is O=C(OCc1csc(COc2ccc(F)cc2)n1)c1ccc(N2CCCS2(=O)=O)cc1. The van der Waals surface area contributed by atoms with E-state index in [0.717, 1.165) is 0 Å². The van der Waals surface area contributed by atoms with Crippen molar-refractivity contribution in [3.05, 3.63) is 76.0 Å². The molecule has 2 heterocycles. The minimum Gasteiger partial charge on any atom is -0.486 e. The van der Waals surface area contributed by atoms with E-state index in [4.69, 9.17) is 9.47 Å². The topological polar surface area (TPSA) is 85.8 Å². The number of ether oxygens (including phenoxy) is 2. The van der Waals surface area contributed by atoms with Gasteiger partial charge in [0.05, 0.1) is 22.7 Å². The molecule has 0 atom stereocenters. The van der Waals surface area contributed by atoms with Crippen molar-refractivity contribution in [1.29, 1.82) is 0 Å². The zero-order valence-corrected chi connectivity index (χ0v) is 18.0. The van der Waals surface area contributed by atoms with Crippen molar-refractivity contribution in [2.24, 2.45) is 0 Å². The van der Waals surface area contributed by atoms with Crippen molar-refractivity contribution in [1.82, 2.24) is 4.98 Å². The van der Waals surface area contributed by atoms with E-state index in [1.165, 1.54) is 39.9 Å². The quantitative estimate of drug-likeness (QED) is 0.497. The first-order valence-electron chi connectivity index (χ1n) is 9.50. The number of rotatable bonds is 7. The number of carbonyl (C=O) groups excluding carboxylic acids is 1. The lowest BCUT2D eigenvalue weighted by Crippen LogP contribution is -2.25. The van der Waals surface area contributed by atoms with Crippen molar-refractivity contribution < 1.29 is 27.1 Å². The van der Waals surface area contributed by atoms with E-state index in [-0.39, 0.29) is 24.8 Å². The van der Waals surface area contributed by atoms with Gasteiger partial charge in [-0.25, -0.2) is 22.6 Å². The Labute approximate surface area is 183 Å². The summed E-state index contributed by atoms with van der Waals surface area (Å²) >= 11 is 1.37. The zero-order chi connectivity index (χ0) is 21.8. The normalized spacial score (nSPS) is 15.1. The van der Waals surface area contributed by atoms with Crippen LogP contribution in [0.15, 0.2) is 53.9 Å². The molecule has 31 heavy (non-hydrogen) atoms. The number of hydrogen-bond donors (Lipinski definition) is 0. The van der Waals surface area contributed by atoms with Crippen LogP contribution in [0, 0.1) is 5.82 Å². The first-order chi connectivity index (χ1) is 14.9. The molecule has 2 aromatic carbocycles. The molecule has 162 valence electrons. The second-order valence-electron chi connectivity index (χ2n) is 6.84. The van der Waals surface area contributed by atoms with Crippen LogP contribution in [-0.4, -0.2) is 31.7 Å². The van der Waals surface area contributed by atoms with E-state index in [9.17, 15) is 17.6 Å².